The number of esters is 4. The fourth-order valence-electron chi connectivity index (χ4n) is 2.80. The first-order valence-corrected chi connectivity index (χ1v) is 9.94. The lowest BCUT2D eigenvalue weighted by Gasteiger charge is -2.27. The Hall–Kier alpha value is -3.00. The van der Waals surface area contributed by atoms with Gasteiger partial charge in [0.15, 0.2) is 10.8 Å². The smallest absolute Gasteiger partial charge is 0.325 e. The van der Waals surface area contributed by atoms with E-state index in [0.29, 0.717) is 0 Å². The second-order valence-electron chi connectivity index (χ2n) is 6.46. The molecule has 1 rings (SSSR count). The summed E-state index contributed by atoms with van der Waals surface area (Å²) in [6.45, 7) is 6.82. The lowest BCUT2D eigenvalue weighted by molar-refractivity contribution is -0.173. The number of carbonyl (C=O) groups is 4. The molecular weight excluding hydrogens is 392 g/mol. The first-order valence-electron chi connectivity index (χ1n) is 9.94. The van der Waals surface area contributed by atoms with E-state index in [1.54, 1.807) is 27.7 Å². The van der Waals surface area contributed by atoms with Gasteiger partial charge >= 0.3 is 23.9 Å². The van der Waals surface area contributed by atoms with E-state index in [1.807, 2.05) is 0 Å². The summed E-state index contributed by atoms with van der Waals surface area (Å²) in [5.74, 6) is 7.88. The second kappa shape index (κ2) is 11.9. The Morgan fingerprint density at radius 1 is 0.533 bits per heavy atom. The summed E-state index contributed by atoms with van der Waals surface area (Å²) in [7, 11) is 0. The van der Waals surface area contributed by atoms with Crippen LogP contribution in [0.5, 0.6) is 0 Å². The van der Waals surface area contributed by atoms with Crippen LogP contribution < -0.4 is 0 Å². The Bertz CT molecular complexity index is 648. The summed E-state index contributed by atoms with van der Waals surface area (Å²) >= 11 is 0. The summed E-state index contributed by atoms with van der Waals surface area (Å²) in [4.78, 5) is 50.4. The number of ether oxygens (including phenoxy) is 4. The highest BCUT2D eigenvalue weighted by Gasteiger charge is 2.50. The standard InChI is InChI=1S/C22H28O8/c1-5-27-17(23)21(18(24)28-6-2)13-9-11-15-22(16-12-10-14-21,19(25)29-7-3)20(26)30-8-4/h5-8,13-16H2,1-4H3. The molecule has 0 unspecified atom stereocenters. The normalized spacial score (nSPS) is 16.4. The summed E-state index contributed by atoms with van der Waals surface area (Å²) in [5, 5.41) is 0. The van der Waals surface area contributed by atoms with Crippen LogP contribution >= 0.6 is 0 Å². The average Bonchev–Trinajstić information content (AvgIpc) is 2.72. The van der Waals surface area contributed by atoms with Crippen LogP contribution in [-0.4, -0.2) is 50.3 Å². The molecule has 0 N–H and O–H groups in total. The van der Waals surface area contributed by atoms with Crippen molar-refractivity contribution in [3.05, 3.63) is 0 Å². The monoisotopic (exact) mass is 420 g/mol. The molecule has 0 amide bonds. The molecule has 0 fully saturated rings. The molecular formula is C22H28O8. The molecule has 30 heavy (non-hydrogen) atoms. The third kappa shape index (κ3) is 5.54. The third-order valence-electron chi connectivity index (χ3n) is 4.48. The minimum atomic E-state index is -1.69. The number of rotatable bonds is 8. The van der Waals surface area contributed by atoms with Crippen molar-refractivity contribution in [2.24, 2.45) is 10.8 Å². The number of hydrogen-bond acceptors (Lipinski definition) is 8. The summed E-state index contributed by atoms with van der Waals surface area (Å²) in [5.41, 5.74) is -3.39. The van der Waals surface area contributed by atoms with E-state index in [0.717, 1.165) is 0 Å². The van der Waals surface area contributed by atoms with E-state index in [-0.39, 0.29) is 52.1 Å². The molecule has 1 aliphatic rings. The Kier molecular flexibility index (Phi) is 9.91. The van der Waals surface area contributed by atoms with Gasteiger partial charge in [0.2, 0.25) is 0 Å². The van der Waals surface area contributed by atoms with E-state index < -0.39 is 34.7 Å². The van der Waals surface area contributed by atoms with Crippen molar-refractivity contribution in [3.8, 4) is 23.7 Å². The Balaban J connectivity index is 3.37. The molecule has 0 aromatic heterocycles. The zero-order chi connectivity index (χ0) is 22.6. The van der Waals surface area contributed by atoms with Gasteiger partial charge in [-0.1, -0.05) is 0 Å². The molecule has 164 valence electrons. The molecule has 0 saturated carbocycles. The predicted octanol–water partition coefficient (Wildman–Crippen LogP) is 1.79. The van der Waals surface area contributed by atoms with Crippen molar-refractivity contribution in [2.75, 3.05) is 26.4 Å². The molecule has 0 aliphatic heterocycles. The average molecular weight is 420 g/mol. The molecule has 8 nitrogen and oxygen atoms in total. The molecule has 0 aromatic carbocycles. The highest BCUT2D eigenvalue weighted by molar-refractivity contribution is 6.02. The Labute approximate surface area is 176 Å². The first kappa shape index (κ1) is 25.0. The first-order chi connectivity index (χ1) is 14.3. The topological polar surface area (TPSA) is 105 Å². The van der Waals surface area contributed by atoms with E-state index in [1.165, 1.54) is 0 Å². The van der Waals surface area contributed by atoms with Crippen LogP contribution in [0.25, 0.3) is 0 Å². The maximum absolute atomic E-state index is 12.6. The quantitative estimate of drug-likeness (QED) is 0.253. The van der Waals surface area contributed by atoms with Gasteiger partial charge in [0.05, 0.1) is 26.4 Å². The minimum absolute atomic E-state index is 0.0790. The van der Waals surface area contributed by atoms with Crippen molar-refractivity contribution in [1.82, 2.24) is 0 Å². The molecule has 0 bridgehead atoms. The molecule has 8 heteroatoms. The van der Waals surface area contributed by atoms with Gasteiger partial charge in [0.25, 0.3) is 0 Å². The Morgan fingerprint density at radius 2 is 0.733 bits per heavy atom. The van der Waals surface area contributed by atoms with Gasteiger partial charge in [-0.15, -0.1) is 23.7 Å². The van der Waals surface area contributed by atoms with Gasteiger partial charge in [0, 0.05) is 25.7 Å². The van der Waals surface area contributed by atoms with Crippen molar-refractivity contribution in [2.45, 2.75) is 53.4 Å². The van der Waals surface area contributed by atoms with Crippen LogP contribution in [-0.2, 0) is 38.1 Å². The molecule has 0 spiro atoms. The van der Waals surface area contributed by atoms with E-state index in [9.17, 15) is 19.2 Å². The molecule has 0 saturated heterocycles. The summed E-state index contributed by atoms with van der Waals surface area (Å²) in [6, 6.07) is 0. The van der Waals surface area contributed by atoms with Crippen LogP contribution in [0.3, 0.4) is 0 Å². The third-order valence-corrected chi connectivity index (χ3v) is 4.48. The van der Waals surface area contributed by atoms with Crippen molar-refractivity contribution in [3.63, 3.8) is 0 Å². The van der Waals surface area contributed by atoms with Gasteiger partial charge < -0.3 is 18.9 Å². The van der Waals surface area contributed by atoms with Crippen molar-refractivity contribution < 1.29 is 38.1 Å². The minimum Gasteiger partial charge on any atom is -0.465 e. The van der Waals surface area contributed by atoms with E-state index in [2.05, 4.69) is 23.7 Å². The second-order valence-corrected chi connectivity index (χ2v) is 6.46. The fraction of sp³-hybridized carbons (Fsp3) is 0.636. The van der Waals surface area contributed by atoms with Crippen LogP contribution in [0.2, 0.25) is 0 Å². The van der Waals surface area contributed by atoms with E-state index in [4.69, 9.17) is 18.9 Å². The molecule has 1 aliphatic carbocycles. The predicted molar refractivity (Wildman–Crippen MR) is 105 cm³/mol. The highest BCUT2D eigenvalue weighted by Crippen LogP contribution is 2.34. The van der Waals surface area contributed by atoms with Gasteiger partial charge in [-0.2, -0.15) is 0 Å². The zero-order valence-corrected chi connectivity index (χ0v) is 17.9. The highest BCUT2D eigenvalue weighted by atomic mass is 16.6. The summed E-state index contributed by atoms with van der Waals surface area (Å²) in [6.07, 6.45) is -0.885. The Morgan fingerprint density at radius 3 is 0.900 bits per heavy atom. The molecule has 0 aromatic rings. The lowest BCUT2D eigenvalue weighted by Crippen LogP contribution is -2.43. The van der Waals surface area contributed by atoms with Gasteiger partial charge in [0.1, 0.15) is 0 Å². The fourth-order valence-corrected chi connectivity index (χ4v) is 2.80. The summed E-state index contributed by atoms with van der Waals surface area (Å²) < 4.78 is 20.3. The van der Waals surface area contributed by atoms with Gasteiger partial charge in [-0.3, -0.25) is 19.2 Å². The van der Waals surface area contributed by atoms with Crippen LogP contribution in [0.4, 0.5) is 0 Å². The maximum Gasteiger partial charge on any atom is 0.325 e. The molecule has 0 atom stereocenters. The van der Waals surface area contributed by atoms with Crippen molar-refractivity contribution in [1.29, 1.82) is 0 Å². The van der Waals surface area contributed by atoms with Gasteiger partial charge in [-0.25, -0.2) is 0 Å². The molecule has 0 heterocycles. The van der Waals surface area contributed by atoms with E-state index >= 15 is 0 Å². The number of hydrogen-bond donors (Lipinski definition) is 0. The SMILES string of the molecule is CCOC(=O)C1(C(=O)OCC)CC#CCC(C(=O)OCC)(C(=O)OCC)CC#CC1. The molecule has 0 radical (unpaired) electrons. The lowest BCUT2D eigenvalue weighted by atomic mass is 9.78. The van der Waals surface area contributed by atoms with Crippen LogP contribution in [0.15, 0.2) is 0 Å². The largest absolute Gasteiger partial charge is 0.465 e. The van der Waals surface area contributed by atoms with Crippen LogP contribution in [0.1, 0.15) is 53.4 Å². The van der Waals surface area contributed by atoms with Crippen LogP contribution in [0, 0.1) is 34.5 Å². The van der Waals surface area contributed by atoms with Gasteiger partial charge in [-0.05, 0) is 27.7 Å². The number of carbonyl (C=O) groups excluding carboxylic acids is 4. The zero-order valence-electron chi connectivity index (χ0n) is 17.9. The van der Waals surface area contributed by atoms with Crippen molar-refractivity contribution >= 4 is 23.9 Å². The maximum atomic E-state index is 12.6.